The smallest absolute Gasteiger partial charge is 0.313 e. The molecule has 1 heterocycles. The lowest BCUT2D eigenvalue weighted by Gasteiger charge is -2.24. The number of hydrogen-bond donors (Lipinski definition) is 0. The number of aryl methyl sites for hydroxylation is 1. The van der Waals surface area contributed by atoms with E-state index in [1.165, 1.54) is 7.11 Å². The minimum atomic E-state index is -1.68. The molecule has 90 valence electrons. The van der Waals surface area contributed by atoms with Crippen molar-refractivity contribution in [2.75, 3.05) is 7.11 Å². The number of hydrogen-bond acceptors (Lipinski definition) is 3. The van der Waals surface area contributed by atoms with Crippen molar-refractivity contribution < 1.29 is 13.9 Å². The van der Waals surface area contributed by atoms with Gasteiger partial charge in [-0.25, -0.2) is 0 Å². The Morgan fingerprint density at radius 2 is 2.12 bits per heavy atom. The molecule has 1 unspecified atom stereocenters. The van der Waals surface area contributed by atoms with Crippen LogP contribution in [-0.4, -0.2) is 21.2 Å². The SMILES string of the molecule is CCc1coc(C(C(=O)OC)[Si](C)(C)C)c1. The quantitative estimate of drug-likeness (QED) is 0.600. The molecule has 0 radical (unpaired) electrons. The second-order valence-corrected chi connectivity index (χ2v) is 10.3. The molecule has 16 heavy (non-hydrogen) atoms. The van der Waals surface area contributed by atoms with Gasteiger partial charge in [0.2, 0.25) is 0 Å². The van der Waals surface area contributed by atoms with Gasteiger partial charge in [0.15, 0.2) is 0 Å². The summed E-state index contributed by atoms with van der Waals surface area (Å²) < 4.78 is 10.4. The predicted molar refractivity (Wildman–Crippen MR) is 66.2 cm³/mol. The van der Waals surface area contributed by atoms with Crippen molar-refractivity contribution in [2.45, 2.75) is 38.5 Å². The van der Waals surface area contributed by atoms with Gasteiger partial charge in [0.1, 0.15) is 11.3 Å². The Balaban J connectivity index is 3.06. The lowest BCUT2D eigenvalue weighted by molar-refractivity contribution is -0.140. The molecule has 0 saturated heterocycles. The summed E-state index contributed by atoms with van der Waals surface area (Å²) >= 11 is 0. The van der Waals surface area contributed by atoms with Crippen molar-refractivity contribution in [3.05, 3.63) is 23.7 Å². The van der Waals surface area contributed by atoms with Crippen LogP contribution < -0.4 is 0 Å². The van der Waals surface area contributed by atoms with Crippen molar-refractivity contribution in [1.29, 1.82) is 0 Å². The molecule has 0 amide bonds. The highest BCUT2D eigenvalue weighted by Crippen LogP contribution is 2.29. The van der Waals surface area contributed by atoms with Crippen LogP contribution in [0.1, 0.15) is 23.8 Å². The largest absolute Gasteiger partial charge is 0.469 e. The summed E-state index contributed by atoms with van der Waals surface area (Å²) in [6.45, 7) is 8.49. The van der Waals surface area contributed by atoms with Crippen LogP contribution in [0.5, 0.6) is 0 Å². The van der Waals surface area contributed by atoms with Crippen LogP contribution in [0.2, 0.25) is 19.6 Å². The van der Waals surface area contributed by atoms with Crippen LogP contribution in [0.25, 0.3) is 0 Å². The standard InChI is InChI=1S/C12H20O3Si/c1-6-9-7-10(15-8-9)11(12(13)14-2)16(3,4)5/h7-8,11H,6H2,1-5H3. The van der Waals surface area contributed by atoms with E-state index in [0.29, 0.717) is 0 Å². The topological polar surface area (TPSA) is 39.4 Å². The Labute approximate surface area is 97.8 Å². The van der Waals surface area contributed by atoms with Crippen LogP contribution in [0.3, 0.4) is 0 Å². The van der Waals surface area contributed by atoms with Gasteiger partial charge in [-0.3, -0.25) is 4.79 Å². The highest BCUT2D eigenvalue weighted by Gasteiger charge is 2.37. The van der Waals surface area contributed by atoms with Gasteiger partial charge in [0, 0.05) is 0 Å². The first-order valence-corrected chi connectivity index (χ1v) is 9.13. The van der Waals surface area contributed by atoms with E-state index in [1.807, 2.05) is 6.07 Å². The molecule has 1 aromatic heterocycles. The van der Waals surface area contributed by atoms with Crippen LogP contribution in [-0.2, 0) is 16.0 Å². The van der Waals surface area contributed by atoms with Crippen molar-refractivity contribution in [3.8, 4) is 0 Å². The molecule has 0 aliphatic rings. The van der Waals surface area contributed by atoms with E-state index < -0.39 is 8.07 Å². The fourth-order valence-corrected chi connectivity index (χ4v) is 3.58. The molecule has 1 aromatic rings. The summed E-state index contributed by atoms with van der Waals surface area (Å²) in [5, 5.41) is 0. The molecule has 0 aliphatic heterocycles. The third kappa shape index (κ3) is 2.75. The fraction of sp³-hybridized carbons (Fsp3) is 0.583. The normalized spacial score (nSPS) is 13.6. The van der Waals surface area contributed by atoms with Gasteiger partial charge < -0.3 is 9.15 Å². The maximum absolute atomic E-state index is 11.8. The summed E-state index contributed by atoms with van der Waals surface area (Å²) in [5.74, 6) is 0.569. The average Bonchev–Trinajstić information content (AvgIpc) is 2.64. The van der Waals surface area contributed by atoms with Gasteiger partial charge in [-0.15, -0.1) is 0 Å². The molecule has 0 saturated carbocycles. The zero-order valence-electron chi connectivity index (χ0n) is 10.7. The first kappa shape index (κ1) is 13.0. The number of carbonyl (C=O) groups is 1. The molecular weight excluding hydrogens is 220 g/mol. The molecule has 0 bridgehead atoms. The highest BCUT2D eigenvalue weighted by molar-refractivity contribution is 6.80. The van der Waals surface area contributed by atoms with Crippen molar-refractivity contribution in [3.63, 3.8) is 0 Å². The minimum Gasteiger partial charge on any atom is -0.469 e. The second-order valence-electron chi connectivity index (χ2n) is 5.03. The Morgan fingerprint density at radius 3 is 2.50 bits per heavy atom. The molecular formula is C12H20O3Si. The fourth-order valence-electron chi connectivity index (χ4n) is 1.75. The third-order valence-corrected chi connectivity index (χ3v) is 4.92. The third-order valence-electron chi connectivity index (χ3n) is 2.67. The molecule has 1 atom stereocenters. The molecule has 0 aromatic carbocycles. The predicted octanol–water partition coefficient (Wildman–Crippen LogP) is 2.98. The lowest BCUT2D eigenvalue weighted by atomic mass is 10.2. The maximum atomic E-state index is 11.8. The van der Waals surface area contributed by atoms with Crippen LogP contribution in [0, 0.1) is 0 Å². The Hall–Kier alpha value is -1.03. The van der Waals surface area contributed by atoms with Gasteiger partial charge in [0.05, 0.1) is 21.4 Å². The number of rotatable bonds is 4. The van der Waals surface area contributed by atoms with E-state index in [1.54, 1.807) is 6.26 Å². The van der Waals surface area contributed by atoms with Gasteiger partial charge in [-0.05, 0) is 18.1 Å². The van der Waals surface area contributed by atoms with Gasteiger partial charge in [-0.1, -0.05) is 26.6 Å². The number of methoxy groups -OCH3 is 1. The Bertz CT molecular complexity index is 363. The van der Waals surface area contributed by atoms with Crippen molar-refractivity contribution in [2.24, 2.45) is 0 Å². The highest BCUT2D eigenvalue weighted by atomic mass is 28.3. The summed E-state index contributed by atoms with van der Waals surface area (Å²) in [6, 6.07) is 1.97. The Kier molecular flexibility index (Phi) is 3.96. The van der Waals surface area contributed by atoms with E-state index in [-0.39, 0.29) is 11.5 Å². The average molecular weight is 240 g/mol. The molecule has 3 nitrogen and oxygen atoms in total. The Morgan fingerprint density at radius 1 is 1.50 bits per heavy atom. The summed E-state index contributed by atoms with van der Waals surface area (Å²) in [4.78, 5) is 11.8. The minimum absolute atomic E-state index is 0.184. The number of furan rings is 1. The molecule has 1 rings (SSSR count). The zero-order valence-corrected chi connectivity index (χ0v) is 11.7. The van der Waals surface area contributed by atoms with E-state index in [0.717, 1.165) is 17.7 Å². The number of carbonyl (C=O) groups excluding carboxylic acids is 1. The number of ether oxygens (including phenoxy) is 1. The summed E-state index contributed by atoms with van der Waals surface area (Å²) in [7, 11) is -0.250. The molecule has 4 heteroatoms. The monoisotopic (exact) mass is 240 g/mol. The lowest BCUT2D eigenvalue weighted by Crippen LogP contribution is -2.37. The van der Waals surface area contributed by atoms with E-state index >= 15 is 0 Å². The summed E-state index contributed by atoms with van der Waals surface area (Å²) in [6.07, 6.45) is 2.65. The van der Waals surface area contributed by atoms with Crippen LogP contribution in [0.15, 0.2) is 16.7 Å². The molecule has 0 N–H and O–H groups in total. The second kappa shape index (κ2) is 4.87. The van der Waals surface area contributed by atoms with E-state index in [4.69, 9.17) is 9.15 Å². The first-order valence-electron chi connectivity index (χ1n) is 5.55. The molecule has 0 spiro atoms. The summed E-state index contributed by atoms with van der Waals surface area (Å²) in [5.41, 5.74) is 0.917. The van der Waals surface area contributed by atoms with E-state index in [2.05, 4.69) is 26.6 Å². The van der Waals surface area contributed by atoms with Gasteiger partial charge >= 0.3 is 5.97 Å². The van der Waals surface area contributed by atoms with Gasteiger partial charge in [-0.2, -0.15) is 0 Å². The van der Waals surface area contributed by atoms with Gasteiger partial charge in [0.25, 0.3) is 0 Å². The van der Waals surface area contributed by atoms with Crippen LogP contribution in [0.4, 0.5) is 0 Å². The molecule has 0 aliphatic carbocycles. The van der Waals surface area contributed by atoms with Crippen molar-refractivity contribution in [1.82, 2.24) is 0 Å². The van der Waals surface area contributed by atoms with Crippen LogP contribution >= 0.6 is 0 Å². The maximum Gasteiger partial charge on any atom is 0.313 e. The number of esters is 1. The zero-order chi connectivity index (χ0) is 12.3. The molecule has 0 fully saturated rings. The van der Waals surface area contributed by atoms with E-state index in [9.17, 15) is 4.79 Å². The van der Waals surface area contributed by atoms with Crippen molar-refractivity contribution >= 4 is 14.0 Å². The first-order chi connectivity index (χ1) is 7.40.